The van der Waals surface area contributed by atoms with Gasteiger partial charge in [0, 0.05) is 44.0 Å². The third kappa shape index (κ3) is 4.28. The summed E-state index contributed by atoms with van der Waals surface area (Å²) in [6.45, 7) is 2.10. The zero-order valence-corrected chi connectivity index (χ0v) is 17.8. The van der Waals surface area contributed by atoms with Crippen molar-refractivity contribution < 1.29 is 9.13 Å². The fourth-order valence-corrected chi connectivity index (χ4v) is 5.11. The molecule has 0 N–H and O–H groups in total. The van der Waals surface area contributed by atoms with Gasteiger partial charge in [0.15, 0.2) is 0 Å². The molecule has 0 spiro atoms. The van der Waals surface area contributed by atoms with E-state index < -0.39 is 0 Å². The highest BCUT2D eigenvalue weighted by Crippen LogP contribution is 2.27. The summed E-state index contributed by atoms with van der Waals surface area (Å²) >= 11 is 0. The Morgan fingerprint density at radius 1 is 1.06 bits per heavy atom. The second-order valence-electron chi connectivity index (χ2n) is 8.99. The molecule has 1 saturated carbocycles. The van der Waals surface area contributed by atoms with Crippen LogP contribution in [0.25, 0.3) is 5.65 Å². The van der Waals surface area contributed by atoms with Gasteiger partial charge in [-0.15, -0.1) is 10.2 Å². The zero-order valence-electron chi connectivity index (χ0n) is 17.8. The van der Waals surface area contributed by atoms with E-state index >= 15 is 0 Å². The summed E-state index contributed by atoms with van der Waals surface area (Å²) in [5.74, 6) is 1.31. The zero-order chi connectivity index (χ0) is 21.2. The van der Waals surface area contributed by atoms with Crippen molar-refractivity contribution in [1.82, 2.24) is 19.2 Å². The van der Waals surface area contributed by atoms with Gasteiger partial charge in [-0.25, -0.2) is 4.39 Å². The SMILES string of the molecule is O=c1c2nnc(C3CCOCC3)n2cc(Cc2cccc(F)c2)n1CC1CCCCC1. The molecular weight excluding hydrogens is 395 g/mol. The molecule has 1 aliphatic heterocycles. The first-order valence-electron chi connectivity index (χ1n) is 11.5. The number of rotatable bonds is 5. The predicted molar refractivity (Wildman–Crippen MR) is 116 cm³/mol. The lowest BCUT2D eigenvalue weighted by Gasteiger charge is -2.24. The van der Waals surface area contributed by atoms with Crippen LogP contribution in [0.3, 0.4) is 0 Å². The van der Waals surface area contributed by atoms with Crippen LogP contribution < -0.4 is 5.56 Å². The number of nitrogens with zero attached hydrogens (tertiary/aromatic N) is 4. The van der Waals surface area contributed by atoms with Crippen LogP contribution in [0.1, 0.15) is 67.9 Å². The predicted octanol–water partition coefficient (Wildman–Crippen LogP) is 4.10. The molecule has 0 unspecified atom stereocenters. The monoisotopic (exact) mass is 424 g/mol. The fraction of sp³-hybridized carbons (Fsp3) is 0.542. The summed E-state index contributed by atoms with van der Waals surface area (Å²) in [5, 5.41) is 8.70. The maximum atomic E-state index is 13.8. The molecule has 3 heterocycles. The molecule has 31 heavy (non-hydrogen) atoms. The van der Waals surface area contributed by atoms with Crippen LogP contribution in [0.5, 0.6) is 0 Å². The van der Waals surface area contributed by atoms with E-state index in [-0.39, 0.29) is 17.3 Å². The summed E-state index contributed by atoms with van der Waals surface area (Å²) in [4.78, 5) is 13.5. The Bertz CT molecular complexity index is 1110. The van der Waals surface area contributed by atoms with E-state index in [0.29, 0.717) is 37.7 Å². The highest BCUT2D eigenvalue weighted by molar-refractivity contribution is 5.38. The number of hydrogen-bond acceptors (Lipinski definition) is 4. The molecule has 2 aromatic heterocycles. The summed E-state index contributed by atoms with van der Waals surface area (Å²) in [7, 11) is 0. The van der Waals surface area contributed by atoms with Crippen molar-refractivity contribution in [2.75, 3.05) is 13.2 Å². The Morgan fingerprint density at radius 3 is 2.65 bits per heavy atom. The molecule has 0 amide bonds. The molecule has 5 rings (SSSR count). The number of aromatic nitrogens is 4. The van der Waals surface area contributed by atoms with Gasteiger partial charge in [-0.3, -0.25) is 9.20 Å². The van der Waals surface area contributed by atoms with Crippen LogP contribution in [0.4, 0.5) is 4.39 Å². The van der Waals surface area contributed by atoms with E-state index in [0.717, 1.165) is 42.8 Å². The van der Waals surface area contributed by atoms with Crippen LogP contribution in [0.15, 0.2) is 35.3 Å². The Balaban J connectivity index is 1.58. The minimum atomic E-state index is -0.257. The van der Waals surface area contributed by atoms with Crippen molar-refractivity contribution >= 4 is 5.65 Å². The third-order valence-electron chi connectivity index (χ3n) is 6.81. The molecule has 7 heteroatoms. The van der Waals surface area contributed by atoms with Gasteiger partial charge in [-0.2, -0.15) is 0 Å². The summed E-state index contributed by atoms with van der Waals surface area (Å²) in [6, 6.07) is 6.63. The van der Waals surface area contributed by atoms with Crippen molar-refractivity contribution in [3.63, 3.8) is 0 Å². The number of ether oxygens (including phenoxy) is 1. The molecule has 2 aliphatic rings. The lowest BCUT2D eigenvalue weighted by Crippen LogP contribution is -2.30. The van der Waals surface area contributed by atoms with Crippen LogP contribution in [-0.2, 0) is 17.7 Å². The molecule has 164 valence electrons. The van der Waals surface area contributed by atoms with Crippen molar-refractivity contribution in [3.8, 4) is 0 Å². The van der Waals surface area contributed by atoms with E-state index in [4.69, 9.17) is 4.74 Å². The first-order valence-corrected chi connectivity index (χ1v) is 11.5. The van der Waals surface area contributed by atoms with E-state index in [9.17, 15) is 9.18 Å². The molecule has 1 saturated heterocycles. The summed E-state index contributed by atoms with van der Waals surface area (Å²) in [5.41, 5.74) is 2.05. The van der Waals surface area contributed by atoms with Crippen LogP contribution in [0.2, 0.25) is 0 Å². The van der Waals surface area contributed by atoms with Crippen LogP contribution >= 0.6 is 0 Å². The average molecular weight is 425 g/mol. The van der Waals surface area contributed by atoms with Crippen molar-refractivity contribution in [2.45, 2.75) is 63.8 Å². The first kappa shape index (κ1) is 20.4. The summed E-state index contributed by atoms with van der Waals surface area (Å²) < 4.78 is 23.1. The maximum absolute atomic E-state index is 13.8. The normalized spacial score (nSPS) is 18.6. The molecule has 0 radical (unpaired) electrons. The van der Waals surface area contributed by atoms with Gasteiger partial charge in [-0.1, -0.05) is 31.4 Å². The molecule has 0 bridgehead atoms. The molecule has 0 atom stereocenters. The fourth-order valence-electron chi connectivity index (χ4n) is 5.11. The van der Waals surface area contributed by atoms with Gasteiger partial charge >= 0.3 is 0 Å². The second-order valence-corrected chi connectivity index (χ2v) is 8.99. The van der Waals surface area contributed by atoms with Crippen molar-refractivity contribution in [3.05, 3.63) is 63.7 Å². The standard InChI is InChI=1S/C24H29FN4O2/c25-20-8-4-7-18(13-20)14-21-16-29-22(19-9-11-31-12-10-19)26-27-23(29)24(30)28(21)15-17-5-2-1-3-6-17/h4,7-8,13,16-17,19H,1-3,5-6,9-12,14-15H2. The number of hydrogen-bond donors (Lipinski definition) is 0. The largest absolute Gasteiger partial charge is 0.381 e. The molecule has 1 aliphatic carbocycles. The lowest BCUT2D eigenvalue weighted by atomic mass is 9.89. The Labute approximate surface area is 181 Å². The highest BCUT2D eigenvalue weighted by atomic mass is 19.1. The van der Waals surface area contributed by atoms with E-state index in [1.807, 2.05) is 21.2 Å². The smallest absolute Gasteiger partial charge is 0.296 e. The molecular formula is C24H29FN4O2. The highest BCUT2D eigenvalue weighted by Gasteiger charge is 2.24. The lowest BCUT2D eigenvalue weighted by molar-refractivity contribution is 0.0834. The minimum Gasteiger partial charge on any atom is -0.381 e. The molecule has 1 aromatic carbocycles. The topological polar surface area (TPSA) is 61.4 Å². The maximum Gasteiger partial charge on any atom is 0.296 e. The minimum absolute atomic E-state index is 0.0923. The number of halogens is 1. The quantitative estimate of drug-likeness (QED) is 0.619. The first-order chi connectivity index (χ1) is 15.2. The molecule has 3 aromatic rings. The van der Waals surface area contributed by atoms with Gasteiger partial charge < -0.3 is 9.30 Å². The van der Waals surface area contributed by atoms with Crippen molar-refractivity contribution in [2.24, 2.45) is 5.92 Å². The second kappa shape index (κ2) is 8.91. The van der Waals surface area contributed by atoms with Gasteiger partial charge in [-0.05, 0) is 49.3 Å². The van der Waals surface area contributed by atoms with Crippen LogP contribution in [0, 0.1) is 11.7 Å². The van der Waals surface area contributed by atoms with Gasteiger partial charge in [0.2, 0.25) is 5.65 Å². The molecule has 6 nitrogen and oxygen atoms in total. The summed E-state index contributed by atoms with van der Waals surface area (Å²) in [6.07, 6.45) is 10.3. The van der Waals surface area contributed by atoms with Gasteiger partial charge in [0.05, 0.1) is 0 Å². The van der Waals surface area contributed by atoms with Crippen LogP contribution in [-0.4, -0.2) is 32.4 Å². The van der Waals surface area contributed by atoms with Gasteiger partial charge in [0.1, 0.15) is 11.6 Å². The Kier molecular flexibility index (Phi) is 5.85. The third-order valence-corrected chi connectivity index (χ3v) is 6.81. The Morgan fingerprint density at radius 2 is 1.87 bits per heavy atom. The van der Waals surface area contributed by atoms with Gasteiger partial charge in [0.25, 0.3) is 5.56 Å². The van der Waals surface area contributed by atoms with E-state index in [1.54, 1.807) is 12.1 Å². The average Bonchev–Trinajstić information content (AvgIpc) is 3.22. The van der Waals surface area contributed by atoms with Crippen molar-refractivity contribution in [1.29, 1.82) is 0 Å². The number of fused-ring (bicyclic) bond motifs is 1. The Hall–Kier alpha value is -2.54. The molecule has 2 fully saturated rings. The van der Waals surface area contributed by atoms with E-state index in [2.05, 4.69) is 10.2 Å². The van der Waals surface area contributed by atoms with E-state index in [1.165, 1.54) is 25.3 Å². The number of benzene rings is 1.